The molecular formula is C19H21N7O. The Balaban J connectivity index is 1.43. The van der Waals surface area contributed by atoms with Crippen molar-refractivity contribution >= 4 is 17.5 Å². The molecule has 4 heterocycles. The Labute approximate surface area is 157 Å². The van der Waals surface area contributed by atoms with Crippen LogP contribution >= 0.6 is 0 Å². The number of aryl methyl sites for hydroxylation is 1. The number of hydrogen-bond acceptors (Lipinski definition) is 6. The highest BCUT2D eigenvalue weighted by Gasteiger charge is 2.27. The molecule has 1 aliphatic rings. The minimum atomic E-state index is -0.102. The number of hydrogen-bond donors (Lipinski definition) is 1. The first-order valence-corrected chi connectivity index (χ1v) is 9.00. The van der Waals surface area contributed by atoms with Crippen molar-refractivity contribution in [2.45, 2.75) is 19.8 Å². The van der Waals surface area contributed by atoms with Crippen molar-refractivity contribution in [1.82, 2.24) is 24.7 Å². The van der Waals surface area contributed by atoms with E-state index >= 15 is 0 Å². The zero-order chi connectivity index (χ0) is 18.6. The van der Waals surface area contributed by atoms with Crippen LogP contribution in [-0.4, -0.2) is 43.7 Å². The number of imidazole rings is 1. The summed E-state index contributed by atoms with van der Waals surface area (Å²) >= 11 is 0. The first kappa shape index (κ1) is 17.1. The maximum absolute atomic E-state index is 12.7. The lowest BCUT2D eigenvalue weighted by Gasteiger charge is -2.32. The molecule has 3 aromatic heterocycles. The Morgan fingerprint density at radius 1 is 1.19 bits per heavy atom. The van der Waals surface area contributed by atoms with E-state index in [1.165, 1.54) is 0 Å². The summed E-state index contributed by atoms with van der Waals surface area (Å²) in [6.45, 7) is 3.43. The highest BCUT2D eigenvalue weighted by atomic mass is 16.2. The van der Waals surface area contributed by atoms with Gasteiger partial charge in [-0.25, -0.2) is 9.97 Å². The van der Waals surface area contributed by atoms with E-state index in [1.54, 1.807) is 23.3 Å². The second-order valence-corrected chi connectivity index (χ2v) is 6.66. The van der Waals surface area contributed by atoms with Crippen LogP contribution in [0.5, 0.6) is 0 Å². The van der Waals surface area contributed by atoms with Crippen LogP contribution in [-0.2, 0) is 4.79 Å². The van der Waals surface area contributed by atoms with Crippen LogP contribution in [0.15, 0.2) is 49.2 Å². The molecule has 3 aromatic rings. The monoisotopic (exact) mass is 363 g/mol. The fourth-order valence-corrected chi connectivity index (χ4v) is 3.25. The molecule has 1 aliphatic heterocycles. The molecule has 1 unspecified atom stereocenters. The topological polar surface area (TPSA) is 88.8 Å². The number of aromatic nitrogens is 5. The van der Waals surface area contributed by atoms with Crippen molar-refractivity contribution in [3.05, 3.63) is 54.7 Å². The first-order chi connectivity index (χ1) is 13.2. The van der Waals surface area contributed by atoms with Crippen LogP contribution < -0.4 is 10.2 Å². The van der Waals surface area contributed by atoms with Gasteiger partial charge in [-0.05, 0) is 43.5 Å². The lowest BCUT2D eigenvalue weighted by molar-refractivity contribution is -0.120. The fourth-order valence-electron chi connectivity index (χ4n) is 3.25. The number of nitrogens with one attached hydrogen (secondary N) is 1. The summed E-state index contributed by atoms with van der Waals surface area (Å²) in [5.41, 5.74) is 0.958. The van der Waals surface area contributed by atoms with Crippen molar-refractivity contribution in [3.63, 3.8) is 0 Å². The van der Waals surface area contributed by atoms with Gasteiger partial charge in [0.15, 0.2) is 11.6 Å². The predicted molar refractivity (Wildman–Crippen MR) is 102 cm³/mol. The normalized spacial score (nSPS) is 16.9. The SMILES string of the molecule is Cc1cccnc1NC(=O)C1CCCN(c2ccc(-n3ccnc3)nn2)C1. The summed E-state index contributed by atoms with van der Waals surface area (Å²) in [7, 11) is 0. The van der Waals surface area contributed by atoms with Gasteiger partial charge in [0.2, 0.25) is 5.91 Å². The Bertz CT molecular complexity index is 908. The Hall–Kier alpha value is -3.29. The van der Waals surface area contributed by atoms with Gasteiger partial charge in [-0.2, -0.15) is 0 Å². The zero-order valence-corrected chi connectivity index (χ0v) is 15.1. The molecule has 1 N–H and O–H groups in total. The Morgan fingerprint density at radius 3 is 2.78 bits per heavy atom. The molecule has 1 saturated heterocycles. The van der Waals surface area contributed by atoms with Gasteiger partial charge in [-0.3, -0.25) is 9.36 Å². The average Bonchev–Trinajstić information content (AvgIpc) is 3.25. The molecule has 0 radical (unpaired) electrons. The molecule has 138 valence electrons. The molecule has 4 rings (SSSR count). The van der Waals surface area contributed by atoms with E-state index in [2.05, 4.69) is 30.4 Å². The largest absolute Gasteiger partial charge is 0.354 e. The summed E-state index contributed by atoms with van der Waals surface area (Å²) in [6.07, 6.45) is 8.69. The van der Waals surface area contributed by atoms with Crippen LogP contribution in [0.25, 0.3) is 5.82 Å². The standard InChI is InChI=1S/C19H21N7O/c1-14-4-2-8-21-18(14)22-19(27)15-5-3-10-25(12-15)16-6-7-17(24-23-16)26-11-9-20-13-26/h2,4,6-9,11,13,15H,3,5,10,12H2,1H3,(H,21,22,27). The number of carbonyl (C=O) groups is 1. The van der Waals surface area contributed by atoms with Gasteiger partial charge in [-0.15, -0.1) is 10.2 Å². The number of rotatable bonds is 4. The lowest BCUT2D eigenvalue weighted by atomic mass is 9.97. The number of piperidine rings is 1. The highest BCUT2D eigenvalue weighted by molar-refractivity contribution is 5.92. The smallest absolute Gasteiger partial charge is 0.230 e. The molecule has 0 bridgehead atoms. The minimum Gasteiger partial charge on any atom is -0.354 e. The Kier molecular flexibility index (Phi) is 4.78. The lowest BCUT2D eigenvalue weighted by Crippen LogP contribution is -2.41. The number of anilines is 2. The summed E-state index contributed by atoms with van der Waals surface area (Å²) < 4.78 is 1.80. The third-order valence-corrected chi connectivity index (χ3v) is 4.77. The van der Waals surface area contributed by atoms with E-state index in [0.717, 1.165) is 30.8 Å². The molecule has 27 heavy (non-hydrogen) atoms. The Morgan fingerprint density at radius 2 is 2.04 bits per heavy atom. The van der Waals surface area contributed by atoms with E-state index in [4.69, 9.17) is 0 Å². The maximum atomic E-state index is 12.7. The number of nitrogens with zero attached hydrogens (tertiary/aromatic N) is 6. The van der Waals surface area contributed by atoms with E-state index in [-0.39, 0.29) is 11.8 Å². The number of pyridine rings is 1. The number of amides is 1. The van der Waals surface area contributed by atoms with Crippen LogP contribution in [0.4, 0.5) is 11.6 Å². The van der Waals surface area contributed by atoms with Gasteiger partial charge < -0.3 is 10.2 Å². The van der Waals surface area contributed by atoms with Gasteiger partial charge >= 0.3 is 0 Å². The zero-order valence-electron chi connectivity index (χ0n) is 15.1. The molecule has 0 saturated carbocycles. The second-order valence-electron chi connectivity index (χ2n) is 6.66. The van der Waals surface area contributed by atoms with Gasteiger partial charge in [0.1, 0.15) is 12.1 Å². The van der Waals surface area contributed by atoms with Crippen LogP contribution in [0, 0.1) is 12.8 Å². The van der Waals surface area contributed by atoms with Gasteiger partial charge in [0, 0.05) is 31.7 Å². The average molecular weight is 363 g/mol. The molecule has 0 spiro atoms. The van der Waals surface area contributed by atoms with E-state index in [0.29, 0.717) is 18.2 Å². The highest BCUT2D eigenvalue weighted by Crippen LogP contribution is 2.23. The van der Waals surface area contributed by atoms with Crippen molar-refractivity contribution in [3.8, 4) is 5.82 Å². The quantitative estimate of drug-likeness (QED) is 0.765. The molecule has 8 nitrogen and oxygen atoms in total. The van der Waals surface area contributed by atoms with E-state index < -0.39 is 0 Å². The predicted octanol–water partition coefficient (Wildman–Crippen LogP) is 2.22. The third-order valence-electron chi connectivity index (χ3n) is 4.77. The summed E-state index contributed by atoms with van der Waals surface area (Å²) in [5.74, 6) is 2.03. The second kappa shape index (κ2) is 7.53. The van der Waals surface area contributed by atoms with Crippen molar-refractivity contribution in [2.75, 3.05) is 23.3 Å². The van der Waals surface area contributed by atoms with Crippen molar-refractivity contribution in [2.24, 2.45) is 5.92 Å². The van der Waals surface area contributed by atoms with Crippen LogP contribution in [0.1, 0.15) is 18.4 Å². The van der Waals surface area contributed by atoms with Gasteiger partial charge in [0.25, 0.3) is 0 Å². The van der Waals surface area contributed by atoms with Gasteiger partial charge in [-0.1, -0.05) is 6.07 Å². The first-order valence-electron chi connectivity index (χ1n) is 9.00. The fraction of sp³-hybridized carbons (Fsp3) is 0.316. The molecule has 1 amide bonds. The molecule has 0 aliphatic carbocycles. The molecule has 0 aromatic carbocycles. The molecule has 1 fully saturated rings. The van der Waals surface area contributed by atoms with Crippen molar-refractivity contribution in [1.29, 1.82) is 0 Å². The summed E-state index contributed by atoms with van der Waals surface area (Å²) in [4.78, 5) is 23.1. The molecule has 8 heteroatoms. The van der Waals surface area contributed by atoms with E-state index in [9.17, 15) is 4.79 Å². The van der Waals surface area contributed by atoms with Crippen molar-refractivity contribution < 1.29 is 4.79 Å². The van der Waals surface area contributed by atoms with Crippen LogP contribution in [0.2, 0.25) is 0 Å². The summed E-state index contributed by atoms with van der Waals surface area (Å²) in [5, 5.41) is 11.6. The summed E-state index contributed by atoms with van der Waals surface area (Å²) in [6, 6.07) is 7.64. The van der Waals surface area contributed by atoms with Gasteiger partial charge in [0.05, 0.1) is 5.92 Å². The molecular weight excluding hydrogens is 342 g/mol. The van der Waals surface area contributed by atoms with Crippen LogP contribution in [0.3, 0.4) is 0 Å². The molecule has 1 atom stereocenters. The maximum Gasteiger partial charge on any atom is 0.230 e. The minimum absolute atomic E-state index is 0.00416. The van der Waals surface area contributed by atoms with E-state index in [1.807, 2.05) is 37.4 Å². The number of carbonyl (C=O) groups excluding carboxylic acids is 1. The third kappa shape index (κ3) is 3.79.